The number of pyridine rings is 1. The lowest BCUT2D eigenvalue weighted by Crippen LogP contribution is -2.15. The summed E-state index contributed by atoms with van der Waals surface area (Å²) in [6.45, 7) is 2.07. The van der Waals surface area contributed by atoms with Crippen LogP contribution < -0.4 is 5.56 Å². The van der Waals surface area contributed by atoms with Crippen molar-refractivity contribution in [2.45, 2.75) is 17.8 Å². The van der Waals surface area contributed by atoms with Gasteiger partial charge in [-0.2, -0.15) is 0 Å². The second kappa shape index (κ2) is 9.02. The normalized spacial score (nSPS) is 11.8. The van der Waals surface area contributed by atoms with Crippen LogP contribution in [-0.4, -0.2) is 28.3 Å². The van der Waals surface area contributed by atoms with Crippen LogP contribution in [0.3, 0.4) is 0 Å². The Morgan fingerprint density at radius 2 is 1.82 bits per heavy atom. The standard InChI is InChI=1S/C27H17ClN6OS3/c1-15-6-2-4-8-19(15)34-25-23(38-27(34)36)24-30-18-7-3-5-9-20(18)33(24)26(31-25)37-14-17-12-22(35)32-13-16(28)10-11-21(32)29-17/h2-13H,14H2,1H3. The molecule has 7 aromatic rings. The van der Waals surface area contributed by atoms with Crippen LogP contribution in [0.5, 0.6) is 0 Å². The van der Waals surface area contributed by atoms with Crippen molar-refractivity contribution in [3.05, 3.63) is 104 Å². The lowest BCUT2D eigenvalue weighted by atomic mass is 10.2. The topological polar surface area (TPSA) is 69.5 Å². The van der Waals surface area contributed by atoms with E-state index in [4.69, 9.17) is 33.8 Å². The van der Waals surface area contributed by atoms with E-state index in [0.29, 0.717) is 26.1 Å². The first kappa shape index (κ1) is 23.5. The molecule has 0 spiro atoms. The van der Waals surface area contributed by atoms with Gasteiger partial charge < -0.3 is 0 Å². The molecule has 0 bridgehead atoms. The van der Waals surface area contributed by atoms with Crippen LogP contribution in [0.15, 0.2) is 82.9 Å². The molecule has 0 atom stereocenters. The fraction of sp³-hybridized carbons (Fsp3) is 0.0741. The second-order valence-corrected chi connectivity index (χ2v) is 11.8. The highest BCUT2D eigenvalue weighted by molar-refractivity contribution is 7.98. The Morgan fingerprint density at radius 1 is 1.00 bits per heavy atom. The summed E-state index contributed by atoms with van der Waals surface area (Å²) < 4.78 is 7.19. The van der Waals surface area contributed by atoms with Crippen LogP contribution in [0.1, 0.15) is 11.3 Å². The Balaban J connectivity index is 1.44. The van der Waals surface area contributed by atoms with Gasteiger partial charge in [-0.1, -0.05) is 65.0 Å². The maximum absolute atomic E-state index is 12.7. The van der Waals surface area contributed by atoms with Crippen LogP contribution in [0.2, 0.25) is 5.02 Å². The van der Waals surface area contributed by atoms with E-state index in [0.717, 1.165) is 43.4 Å². The minimum Gasteiger partial charge on any atom is -0.275 e. The molecule has 0 saturated heterocycles. The van der Waals surface area contributed by atoms with Crippen LogP contribution in [0.4, 0.5) is 0 Å². The van der Waals surface area contributed by atoms with Gasteiger partial charge in [-0.25, -0.2) is 15.0 Å². The molecule has 0 aliphatic heterocycles. The molecule has 0 amide bonds. The number of hydrogen-bond acceptors (Lipinski definition) is 7. The largest absolute Gasteiger partial charge is 0.275 e. The number of aryl methyl sites for hydroxylation is 1. The van der Waals surface area contributed by atoms with Crippen LogP contribution in [-0.2, 0) is 5.75 Å². The molecule has 11 heteroatoms. The lowest BCUT2D eigenvalue weighted by molar-refractivity contribution is 0.923. The molecule has 0 saturated carbocycles. The van der Waals surface area contributed by atoms with Gasteiger partial charge in [-0.3, -0.25) is 18.2 Å². The number of thioether (sulfide) groups is 1. The van der Waals surface area contributed by atoms with Gasteiger partial charge in [0.1, 0.15) is 10.3 Å². The van der Waals surface area contributed by atoms with Crippen LogP contribution in [0, 0.1) is 10.9 Å². The first-order valence-corrected chi connectivity index (χ1v) is 14.3. The number of aromatic nitrogens is 6. The molecule has 0 unspecified atom stereocenters. The van der Waals surface area contributed by atoms with E-state index in [1.807, 2.05) is 41.0 Å². The smallest absolute Gasteiger partial charge is 0.258 e. The fourth-order valence-corrected chi connectivity index (χ4v) is 6.98. The van der Waals surface area contributed by atoms with E-state index in [9.17, 15) is 4.79 Å². The number of rotatable bonds is 4. The number of fused-ring (bicyclic) bond motifs is 6. The zero-order chi connectivity index (χ0) is 26.0. The molecule has 186 valence electrons. The summed E-state index contributed by atoms with van der Waals surface area (Å²) in [6.07, 6.45) is 1.58. The van der Waals surface area contributed by atoms with Crippen molar-refractivity contribution in [3.63, 3.8) is 0 Å². The van der Waals surface area contributed by atoms with Gasteiger partial charge in [0.15, 0.2) is 20.4 Å². The highest BCUT2D eigenvalue weighted by Gasteiger charge is 2.20. The Kier molecular flexibility index (Phi) is 5.59. The van der Waals surface area contributed by atoms with E-state index >= 15 is 0 Å². The third kappa shape index (κ3) is 3.75. The Labute approximate surface area is 234 Å². The van der Waals surface area contributed by atoms with Gasteiger partial charge in [0, 0.05) is 18.0 Å². The number of nitrogens with zero attached hydrogens (tertiary/aromatic N) is 6. The summed E-state index contributed by atoms with van der Waals surface area (Å²) in [5, 5.41) is 1.23. The summed E-state index contributed by atoms with van der Waals surface area (Å²) in [5.74, 6) is 0.448. The zero-order valence-corrected chi connectivity index (χ0v) is 23.0. The summed E-state index contributed by atoms with van der Waals surface area (Å²) in [7, 11) is 0. The van der Waals surface area contributed by atoms with Gasteiger partial charge in [0.05, 0.1) is 27.4 Å². The zero-order valence-electron chi connectivity index (χ0n) is 19.8. The Morgan fingerprint density at radius 3 is 2.68 bits per heavy atom. The van der Waals surface area contributed by atoms with Crippen molar-refractivity contribution in [2.75, 3.05) is 0 Å². The summed E-state index contributed by atoms with van der Waals surface area (Å²) in [4.78, 5) is 27.5. The number of para-hydroxylation sites is 3. The SMILES string of the molecule is Cc1ccccc1-n1c(=S)sc2c1nc(SCc1cc(=O)n3cc(Cl)ccc3n1)n1c3ccccc3nc21. The first-order valence-electron chi connectivity index (χ1n) is 11.7. The van der Waals surface area contributed by atoms with Crippen LogP contribution in [0.25, 0.3) is 38.4 Å². The van der Waals surface area contributed by atoms with E-state index < -0.39 is 0 Å². The second-order valence-electron chi connectivity index (χ2n) is 8.75. The number of thiazole rings is 1. The summed E-state index contributed by atoms with van der Waals surface area (Å²) >= 11 is 14.9. The van der Waals surface area contributed by atoms with E-state index in [1.54, 1.807) is 18.3 Å². The lowest BCUT2D eigenvalue weighted by Gasteiger charge is -2.10. The quantitative estimate of drug-likeness (QED) is 0.130. The summed E-state index contributed by atoms with van der Waals surface area (Å²) in [6, 6.07) is 21.1. The highest BCUT2D eigenvalue weighted by Crippen LogP contribution is 2.35. The van der Waals surface area contributed by atoms with E-state index in [2.05, 4.69) is 28.4 Å². The van der Waals surface area contributed by atoms with Gasteiger partial charge in [-0.15, -0.1) is 0 Å². The molecule has 0 aliphatic rings. The monoisotopic (exact) mass is 572 g/mol. The molecule has 38 heavy (non-hydrogen) atoms. The average molecular weight is 573 g/mol. The molecule has 7 rings (SSSR count). The maximum atomic E-state index is 12.7. The molecule has 7 nitrogen and oxygen atoms in total. The maximum Gasteiger partial charge on any atom is 0.258 e. The molecule has 0 N–H and O–H groups in total. The van der Waals surface area contributed by atoms with Gasteiger partial charge in [0.25, 0.3) is 5.56 Å². The van der Waals surface area contributed by atoms with E-state index in [-0.39, 0.29) is 5.56 Å². The molecule has 5 heterocycles. The van der Waals surface area contributed by atoms with Gasteiger partial charge in [-0.05, 0) is 55.0 Å². The first-order chi connectivity index (χ1) is 18.5. The van der Waals surface area contributed by atoms with Gasteiger partial charge >= 0.3 is 0 Å². The highest BCUT2D eigenvalue weighted by atomic mass is 35.5. The minimum absolute atomic E-state index is 0.180. The van der Waals surface area contributed by atoms with E-state index in [1.165, 1.54) is 33.6 Å². The molecular formula is C27H17ClN6OS3. The molecule has 2 aromatic carbocycles. The molecule has 0 radical (unpaired) electrons. The van der Waals surface area contributed by atoms with Gasteiger partial charge in [0.2, 0.25) is 0 Å². The van der Waals surface area contributed by atoms with Crippen molar-refractivity contribution < 1.29 is 0 Å². The Bertz CT molecular complexity index is 2180. The number of imidazole rings is 1. The van der Waals surface area contributed by atoms with Crippen LogP contribution >= 0.6 is 46.9 Å². The molecule has 0 fully saturated rings. The van der Waals surface area contributed by atoms with Crippen molar-refractivity contribution in [2.24, 2.45) is 0 Å². The van der Waals surface area contributed by atoms with Crippen molar-refractivity contribution in [1.82, 2.24) is 28.3 Å². The average Bonchev–Trinajstić information content (AvgIpc) is 3.46. The van der Waals surface area contributed by atoms with Crippen molar-refractivity contribution in [1.29, 1.82) is 0 Å². The van der Waals surface area contributed by atoms with Crippen molar-refractivity contribution in [3.8, 4) is 5.69 Å². The molecule has 5 aromatic heterocycles. The number of halogens is 1. The third-order valence-corrected chi connectivity index (χ3v) is 8.88. The Hall–Kier alpha value is -3.57. The molecular weight excluding hydrogens is 556 g/mol. The summed E-state index contributed by atoms with van der Waals surface area (Å²) in [5.41, 5.74) is 6.54. The predicted octanol–water partition coefficient (Wildman–Crippen LogP) is 6.88. The third-order valence-electron chi connectivity index (χ3n) is 6.33. The number of hydrogen-bond donors (Lipinski definition) is 0. The number of benzene rings is 2. The predicted molar refractivity (Wildman–Crippen MR) is 157 cm³/mol. The molecule has 0 aliphatic carbocycles. The fourth-order valence-electron chi connectivity index (χ4n) is 4.59. The van der Waals surface area contributed by atoms with Crippen molar-refractivity contribution >= 4 is 79.6 Å². The minimum atomic E-state index is -0.180.